The molecule has 3 nitrogen and oxygen atoms in total. The van der Waals surface area contributed by atoms with Gasteiger partial charge in [-0.25, -0.2) is 0 Å². The molecule has 0 spiro atoms. The lowest BCUT2D eigenvalue weighted by molar-refractivity contribution is -0.113. The van der Waals surface area contributed by atoms with Crippen LogP contribution in [0.2, 0.25) is 0 Å². The van der Waals surface area contributed by atoms with Gasteiger partial charge < -0.3 is 10.1 Å². The van der Waals surface area contributed by atoms with Crippen LogP contribution in [0, 0.1) is 6.92 Å². The first-order valence-electron chi connectivity index (χ1n) is 4.18. The number of benzene rings is 1. The van der Waals surface area contributed by atoms with Crippen LogP contribution in [0.3, 0.4) is 0 Å². The molecule has 76 valence electrons. The van der Waals surface area contributed by atoms with Crippen LogP contribution in [0.5, 0.6) is 5.75 Å². The highest BCUT2D eigenvalue weighted by Crippen LogP contribution is 2.24. The standard InChI is InChI=1S/C10H12ClNO2/c1-7-8(12-10(13)6-11)4-3-5-9(7)14-2/h3-5H,6H2,1-2H3,(H,12,13). The molecular weight excluding hydrogens is 202 g/mol. The van der Waals surface area contributed by atoms with Crippen LogP contribution in [0.15, 0.2) is 18.2 Å². The highest BCUT2D eigenvalue weighted by atomic mass is 35.5. The smallest absolute Gasteiger partial charge is 0.239 e. The monoisotopic (exact) mass is 213 g/mol. The molecule has 0 aliphatic carbocycles. The van der Waals surface area contributed by atoms with Crippen LogP contribution in [-0.4, -0.2) is 18.9 Å². The van der Waals surface area contributed by atoms with Crippen molar-refractivity contribution in [3.63, 3.8) is 0 Å². The lowest BCUT2D eigenvalue weighted by Crippen LogP contribution is -2.13. The number of hydrogen-bond acceptors (Lipinski definition) is 2. The molecule has 1 aromatic carbocycles. The summed E-state index contributed by atoms with van der Waals surface area (Å²) in [6.45, 7) is 1.88. The van der Waals surface area contributed by atoms with E-state index in [1.165, 1.54) is 0 Å². The first kappa shape index (κ1) is 10.9. The van der Waals surface area contributed by atoms with E-state index in [1.807, 2.05) is 25.1 Å². The first-order chi connectivity index (χ1) is 6.69. The van der Waals surface area contributed by atoms with E-state index < -0.39 is 0 Å². The fourth-order valence-electron chi connectivity index (χ4n) is 1.15. The average molecular weight is 214 g/mol. The molecule has 0 atom stereocenters. The van der Waals surface area contributed by atoms with E-state index in [-0.39, 0.29) is 11.8 Å². The predicted octanol–water partition coefficient (Wildman–Crippen LogP) is 2.18. The topological polar surface area (TPSA) is 38.3 Å². The molecule has 0 radical (unpaired) electrons. The van der Waals surface area contributed by atoms with Gasteiger partial charge in [-0.05, 0) is 19.1 Å². The molecule has 0 aromatic heterocycles. The Morgan fingerprint density at radius 1 is 1.57 bits per heavy atom. The minimum Gasteiger partial charge on any atom is -0.496 e. The molecule has 14 heavy (non-hydrogen) atoms. The molecule has 0 saturated carbocycles. The van der Waals surface area contributed by atoms with Crippen LogP contribution in [0.25, 0.3) is 0 Å². The number of hydrogen-bond donors (Lipinski definition) is 1. The number of carbonyl (C=O) groups excluding carboxylic acids is 1. The van der Waals surface area contributed by atoms with Crippen LogP contribution in [0.4, 0.5) is 5.69 Å². The van der Waals surface area contributed by atoms with Crippen molar-refractivity contribution in [1.29, 1.82) is 0 Å². The summed E-state index contributed by atoms with van der Waals surface area (Å²) < 4.78 is 5.12. The van der Waals surface area contributed by atoms with Crippen LogP contribution in [-0.2, 0) is 4.79 Å². The van der Waals surface area contributed by atoms with Crippen molar-refractivity contribution in [2.24, 2.45) is 0 Å². The van der Waals surface area contributed by atoms with Crippen molar-refractivity contribution in [2.45, 2.75) is 6.92 Å². The van der Waals surface area contributed by atoms with Crippen molar-refractivity contribution < 1.29 is 9.53 Å². The maximum Gasteiger partial charge on any atom is 0.239 e. The Hall–Kier alpha value is -1.22. The number of nitrogens with one attached hydrogen (secondary N) is 1. The Balaban J connectivity index is 2.92. The molecule has 0 aliphatic rings. The summed E-state index contributed by atoms with van der Waals surface area (Å²) in [6.07, 6.45) is 0. The van der Waals surface area contributed by atoms with E-state index in [9.17, 15) is 4.79 Å². The van der Waals surface area contributed by atoms with Crippen molar-refractivity contribution in [3.8, 4) is 5.75 Å². The summed E-state index contributed by atoms with van der Waals surface area (Å²) in [6, 6.07) is 5.46. The molecule has 0 unspecified atom stereocenters. The van der Waals surface area contributed by atoms with E-state index in [1.54, 1.807) is 7.11 Å². The Labute approximate surface area is 88.0 Å². The van der Waals surface area contributed by atoms with E-state index >= 15 is 0 Å². The molecule has 1 N–H and O–H groups in total. The molecule has 0 bridgehead atoms. The van der Waals surface area contributed by atoms with E-state index in [0.717, 1.165) is 17.0 Å². The molecule has 1 amide bonds. The van der Waals surface area contributed by atoms with Crippen LogP contribution < -0.4 is 10.1 Å². The van der Waals surface area contributed by atoms with Gasteiger partial charge in [0, 0.05) is 11.3 Å². The maximum absolute atomic E-state index is 11.0. The molecule has 0 saturated heterocycles. The summed E-state index contributed by atoms with van der Waals surface area (Å²) in [4.78, 5) is 11.0. The zero-order valence-electron chi connectivity index (χ0n) is 8.13. The fourth-order valence-corrected chi connectivity index (χ4v) is 1.22. The zero-order valence-corrected chi connectivity index (χ0v) is 8.89. The van der Waals surface area contributed by atoms with Gasteiger partial charge in [0.2, 0.25) is 5.91 Å². The Morgan fingerprint density at radius 2 is 2.29 bits per heavy atom. The van der Waals surface area contributed by atoms with Gasteiger partial charge in [0.25, 0.3) is 0 Å². The minimum atomic E-state index is -0.219. The van der Waals surface area contributed by atoms with Gasteiger partial charge in [0.05, 0.1) is 7.11 Å². The third-order valence-corrected chi connectivity index (χ3v) is 2.14. The zero-order chi connectivity index (χ0) is 10.6. The summed E-state index contributed by atoms with van der Waals surface area (Å²) >= 11 is 5.38. The Kier molecular flexibility index (Phi) is 3.77. The second-order valence-corrected chi connectivity index (χ2v) is 3.08. The predicted molar refractivity (Wildman–Crippen MR) is 57.1 cm³/mol. The molecule has 1 rings (SSSR count). The number of anilines is 1. The SMILES string of the molecule is COc1cccc(NC(=O)CCl)c1C. The lowest BCUT2D eigenvalue weighted by atomic mass is 10.2. The number of amides is 1. The van der Waals surface area contributed by atoms with Gasteiger partial charge in [-0.15, -0.1) is 11.6 Å². The second-order valence-electron chi connectivity index (χ2n) is 2.81. The number of rotatable bonds is 3. The summed E-state index contributed by atoms with van der Waals surface area (Å²) in [5.41, 5.74) is 1.63. The molecule has 0 heterocycles. The Bertz CT molecular complexity index is 339. The third-order valence-electron chi connectivity index (χ3n) is 1.90. The molecule has 4 heteroatoms. The fraction of sp³-hybridized carbons (Fsp3) is 0.300. The van der Waals surface area contributed by atoms with Crippen molar-refractivity contribution in [3.05, 3.63) is 23.8 Å². The van der Waals surface area contributed by atoms with Gasteiger partial charge in [-0.1, -0.05) is 6.07 Å². The Morgan fingerprint density at radius 3 is 2.86 bits per heavy atom. The van der Waals surface area contributed by atoms with Gasteiger partial charge in [0.1, 0.15) is 11.6 Å². The largest absolute Gasteiger partial charge is 0.496 e. The van der Waals surface area contributed by atoms with Crippen molar-refractivity contribution in [1.82, 2.24) is 0 Å². The highest BCUT2D eigenvalue weighted by Gasteiger charge is 2.06. The first-order valence-corrected chi connectivity index (χ1v) is 4.72. The third kappa shape index (κ3) is 2.39. The summed E-state index contributed by atoms with van der Waals surface area (Å²) in [7, 11) is 1.59. The molecule has 1 aromatic rings. The highest BCUT2D eigenvalue weighted by molar-refractivity contribution is 6.29. The second kappa shape index (κ2) is 4.86. The number of halogens is 1. The van der Waals surface area contributed by atoms with Gasteiger partial charge in [-0.2, -0.15) is 0 Å². The van der Waals surface area contributed by atoms with Gasteiger partial charge in [-0.3, -0.25) is 4.79 Å². The van der Waals surface area contributed by atoms with E-state index in [4.69, 9.17) is 16.3 Å². The maximum atomic E-state index is 11.0. The van der Waals surface area contributed by atoms with Gasteiger partial charge in [0.15, 0.2) is 0 Å². The van der Waals surface area contributed by atoms with Crippen molar-refractivity contribution >= 4 is 23.2 Å². The number of carbonyl (C=O) groups is 1. The molecule has 0 aliphatic heterocycles. The number of methoxy groups -OCH3 is 1. The van der Waals surface area contributed by atoms with Crippen LogP contribution >= 0.6 is 11.6 Å². The summed E-state index contributed by atoms with van der Waals surface area (Å²) in [5, 5.41) is 2.68. The van der Waals surface area contributed by atoms with Crippen molar-refractivity contribution in [2.75, 3.05) is 18.3 Å². The molecule has 0 fully saturated rings. The quantitative estimate of drug-likeness (QED) is 0.782. The van der Waals surface area contributed by atoms with Gasteiger partial charge >= 0.3 is 0 Å². The minimum absolute atomic E-state index is 0.0450. The van der Waals surface area contributed by atoms with E-state index in [0.29, 0.717) is 0 Å². The normalized spacial score (nSPS) is 9.64. The molecular formula is C10H12ClNO2. The van der Waals surface area contributed by atoms with E-state index in [2.05, 4.69) is 5.32 Å². The number of alkyl halides is 1. The van der Waals surface area contributed by atoms with Crippen LogP contribution in [0.1, 0.15) is 5.56 Å². The average Bonchev–Trinajstić information content (AvgIpc) is 2.21. The number of ether oxygens (including phenoxy) is 1. The lowest BCUT2D eigenvalue weighted by Gasteiger charge is -2.10. The summed E-state index contributed by atoms with van der Waals surface area (Å²) in [5.74, 6) is 0.483.